The molecule has 3 aromatic rings. The van der Waals surface area contributed by atoms with Crippen LogP contribution in [0.5, 0.6) is 0 Å². The molecule has 314 valence electrons. The fraction of sp³-hybridized carbons (Fsp3) is 0.488. The van der Waals surface area contributed by atoms with Crippen LogP contribution in [0.15, 0.2) is 48.8 Å². The van der Waals surface area contributed by atoms with Gasteiger partial charge >= 0.3 is 6.18 Å². The van der Waals surface area contributed by atoms with Gasteiger partial charge in [0.25, 0.3) is 17.7 Å². The number of nitrogens with one attached hydrogen (secondary N) is 2. The Morgan fingerprint density at radius 1 is 0.817 bits per heavy atom. The molecule has 6 aliphatic heterocycles. The third-order valence-electron chi connectivity index (χ3n) is 13.0. The maximum atomic E-state index is 13.5. The van der Waals surface area contributed by atoms with Gasteiger partial charge < -0.3 is 15.1 Å². The van der Waals surface area contributed by atoms with E-state index in [1.165, 1.54) is 10.7 Å². The average Bonchev–Trinajstić information content (AvgIpc) is 3.76. The molecule has 5 saturated heterocycles. The monoisotopic (exact) mass is 827 g/mol. The topological polar surface area (TPSA) is 151 Å². The van der Waals surface area contributed by atoms with Gasteiger partial charge in [-0.25, -0.2) is 4.85 Å². The predicted molar refractivity (Wildman–Crippen MR) is 212 cm³/mol. The van der Waals surface area contributed by atoms with Crippen LogP contribution >= 0.6 is 0 Å². The van der Waals surface area contributed by atoms with E-state index in [-0.39, 0.29) is 24.1 Å². The summed E-state index contributed by atoms with van der Waals surface area (Å²) in [4.78, 5) is 79.6. The number of hydrogen-bond donors (Lipinski definition) is 2. The summed E-state index contributed by atoms with van der Waals surface area (Å²) in [6, 6.07) is 8.82. The van der Waals surface area contributed by atoms with Crippen molar-refractivity contribution >= 4 is 52.3 Å². The molecule has 2 aromatic carbocycles. The number of imide groups is 2. The lowest BCUT2D eigenvalue weighted by Crippen LogP contribution is -2.74. The minimum atomic E-state index is -4.73. The number of carbonyl (C=O) groups excluding carboxylic acids is 5. The zero-order valence-corrected chi connectivity index (χ0v) is 33.1. The lowest BCUT2D eigenvalue weighted by atomic mass is 9.94. The number of carbonyl (C=O) groups is 5. The summed E-state index contributed by atoms with van der Waals surface area (Å²) in [5, 5.41) is 9.24. The van der Waals surface area contributed by atoms with Gasteiger partial charge in [-0.15, -0.1) is 0 Å². The van der Waals surface area contributed by atoms with Crippen LogP contribution in [0.2, 0.25) is 0 Å². The summed E-state index contributed by atoms with van der Waals surface area (Å²) >= 11 is 0. The Hall–Kier alpha value is -5.84. The fourth-order valence-electron chi connectivity index (χ4n) is 9.04. The number of benzene rings is 2. The zero-order valence-electron chi connectivity index (χ0n) is 33.1. The van der Waals surface area contributed by atoms with E-state index in [1.54, 1.807) is 38.4 Å². The number of hydrogen-bond acceptors (Lipinski definition) is 11. The normalized spacial score (nSPS) is 22.6. The quantitative estimate of drug-likeness (QED) is 0.242. The van der Waals surface area contributed by atoms with Gasteiger partial charge in [0, 0.05) is 108 Å². The van der Waals surface area contributed by atoms with E-state index in [1.807, 2.05) is 6.07 Å². The second-order valence-electron chi connectivity index (χ2n) is 17.0. The number of likely N-dealkylation sites (tertiary alicyclic amines) is 2. The van der Waals surface area contributed by atoms with Crippen molar-refractivity contribution in [2.45, 2.75) is 62.6 Å². The summed E-state index contributed by atoms with van der Waals surface area (Å²) in [6.45, 7) is 19.4. The molecule has 0 saturated carbocycles. The van der Waals surface area contributed by atoms with E-state index in [2.05, 4.69) is 45.1 Å². The zero-order chi connectivity index (χ0) is 42.2. The number of piperidine rings is 1. The van der Waals surface area contributed by atoms with E-state index in [0.29, 0.717) is 23.7 Å². The Balaban J connectivity index is 0.702. The van der Waals surface area contributed by atoms with Crippen LogP contribution in [0.1, 0.15) is 53.0 Å². The second-order valence-corrected chi connectivity index (χ2v) is 17.0. The highest BCUT2D eigenvalue weighted by atomic mass is 19.4. The number of fused-ring (bicyclic) bond motifs is 1. The summed E-state index contributed by atoms with van der Waals surface area (Å²) < 4.78 is 41.9. The van der Waals surface area contributed by atoms with E-state index in [9.17, 15) is 37.1 Å². The molecule has 0 radical (unpaired) electrons. The van der Waals surface area contributed by atoms with Crippen molar-refractivity contribution in [3.8, 4) is 0 Å². The highest BCUT2D eigenvalue weighted by molar-refractivity contribution is 6.23. The number of aromatic nitrogens is 2. The number of alkyl halides is 3. The molecule has 16 nitrogen and oxygen atoms in total. The number of rotatable bonds is 9. The smallest absolute Gasteiger partial charge is 0.368 e. The molecule has 0 spiro atoms. The molecule has 5 amide bonds. The number of nitrogens with zero attached hydrogens (tertiary/aromatic N) is 9. The molecule has 1 unspecified atom stereocenters. The molecular formula is C41H44F3N11O5. The average molecular weight is 828 g/mol. The van der Waals surface area contributed by atoms with Gasteiger partial charge in [0.05, 0.1) is 35.1 Å². The van der Waals surface area contributed by atoms with Crippen LogP contribution in [-0.2, 0) is 26.1 Å². The van der Waals surface area contributed by atoms with Crippen LogP contribution in [-0.4, -0.2) is 149 Å². The largest absolute Gasteiger partial charge is 0.407 e. The summed E-state index contributed by atoms with van der Waals surface area (Å²) in [6.07, 6.45) is -1.02. The molecule has 6 aliphatic rings. The van der Waals surface area contributed by atoms with Crippen molar-refractivity contribution in [1.29, 1.82) is 0 Å². The minimum Gasteiger partial charge on any atom is -0.368 e. The standard InChI is InChI=1S/C41H44F3N11O5/c1-40(2,39(60)47-24-4-7-33(45-3)32(14-24)41(42,43)44)54-23-26(16-46-54)49-10-12-50(13-11-49)27-17-52(18-27)29-21-53(22-29)28-19-51(20-28)25-5-6-30-31(15-25)38(59)55(37(30)58)34-8-9-35(56)48-36(34)57/h4-7,14-16,23,27-29,34H,8-13,17-22H2,1-2H3,(H,47,60)(H,48,56,57). The second kappa shape index (κ2) is 14.7. The highest BCUT2D eigenvalue weighted by Crippen LogP contribution is 2.39. The van der Waals surface area contributed by atoms with Gasteiger partial charge in [0.2, 0.25) is 11.8 Å². The molecule has 7 heterocycles. The Morgan fingerprint density at radius 2 is 1.47 bits per heavy atom. The molecule has 0 bridgehead atoms. The molecule has 5 fully saturated rings. The van der Waals surface area contributed by atoms with Gasteiger partial charge in [-0.2, -0.15) is 18.3 Å². The van der Waals surface area contributed by atoms with Gasteiger partial charge in [-0.3, -0.25) is 53.6 Å². The number of anilines is 3. The summed E-state index contributed by atoms with van der Waals surface area (Å²) in [5.41, 5.74) is -0.583. The first-order valence-corrected chi connectivity index (χ1v) is 20.1. The first kappa shape index (κ1) is 39.6. The Bertz CT molecular complexity index is 2320. The Morgan fingerprint density at radius 3 is 2.12 bits per heavy atom. The molecule has 9 rings (SSSR count). The lowest BCUT2D eigenvalue weighted by Gasteiger charge is -2.58. The van der Waals surface area contributed by atoms with Crippen molar-refractivity contribution < 1.29 is 37.1 Å². The van der Waals surface area contributed by atoms with Crippen molar-refractivity contribution in [3.05, 3.63) is 76.9 Å². The third-order valence-corrected chi connectivity index (χ3v) is 13.0. The Kier molecular flexibility index (Phi) is 9.71. The van der Waals surface area contributed by atoms with Crippen molar-refractivity contribution in [1.82, 2.24) is 34.7 Å². The van der Waals surface area contributed by atoms with Gasteiger partial charge in [0.1, 0.15) is 11.6 Å². The van der Waals surface area contributed by atoms with Crippen LogP contribution in [0.3, 0.4) is 0 Å². The highest BCUT2D eigenvalue weighted by Gasteiger charge is 2.47. The third kappa shape index (κ3) is 6.95. The maximum absolute atomic E-state index is 13.5. The van der Waals surface area contributed by atoms with Gasteiger partial charge in [-0.1, -0.05) is 6.07 Å². The predicted octanol–water partition coefficient (Wildman–Crippen LogP) is 2.61. The molecular weight excluding hydrogens is 784 g/mol. The number of halogens is 3. The summed E-state index contributed by atoms with van der Waals surface area (Å²) in [5.74, 6) is -2.57. The number of amides is 5. The molecule has 1 atom stereocenters. The molecule has 2 N–H and O–H groups in total. The van der Waals surface area contributed by atoms with E-state index in [4.69, 9.17) is 6.57 Å². The molecule has 1 aromatic heterocycles. The van der Waals surface area contributed by atoms with Gasteiger partial charge in [0.15, 0.2) is 5.69 Å². The van der Waals surface area contributed by atoms with Crippen molar-refractivity contribution in [3.63, 3.8) is 0 Å². The first-order valence-electron chi connectivity index (χ1n) is 20.1. The molecule has 19 heteroatoms. The Labute approximate surface area is 343 Å². The van der Waals surface area contributed by atoms with E-state index in [0.717, 1.165) is 93.9 Å². The molecule has 60 heavy (non-hydrogen) atoms. The number of piperazine rings is 1. The van der Waals surface area contributed by atoms with Crippen LogP contribution < -0.4 is 20.4 Å². The van der Waals surface area contributed by atoms with Gasteiger partial charge in [-0.05, 0) is 50.6 Å². The van der Waals surface area contributed by atoms with Crippen LogP contribution in [0, 0.1) is 6.57 Å². The molecule has 0 aliphatic carbocycles. The fourth-order valence-corrected chi connectivity index (χ4v) is 9.04. The SMILES string of the molecule is [C-]#[N+]c1ccc(NC(=O)C(C)(C)n2cc(N3CCN(C4CN(C5CN(C6CN(c7ccc8c(c7)C(=O)N(C7CCC(=O)NC7=O)C8=O)C6)C5)C4)CC3)cn2)cc1C(F)(F)F. The first-order chi connectivity index (χ1) is 28.6. The summed E-state index contributed by atoms with van der Waals surface area (Å²) in [7, 11) is 0. The lowest BCUT2D eigenvalue weighted by molar-refractivity contribution is -0.137. The van der Waals surface area contributed by atoms with Crippen LogP contribution in [0.25, 0.3) is 4.85 Å². The van der Waals surface area contributed by atoms with Crippen molar-refractivity contribution in [2.75, 3.05) is 80.6 Å². The van der Waals surface area contributed by atoms with Crippen molar-refractivity contribution in [2.24, 2.45) is 0 Å². The van der Waals surface area contributed by atoms with E-state index >= 15 is 0 Å². The van der Waals surface area contributed by atoms with E-state index < -0.39 is 58.5 Å². The van der Waals surface area contributed by atoms with Crippen LogP contribution in [0.4, 0.5) is 35.9 Å². The maximum Gasteiger partial charge on any atom is 0.407 e. The minimum absolute atomic E-state index is 0.0526.